The summed E-state index contributed by atoms with van der Waals surface area (Å²) in [6, 6.07) is 20.2. The van der Waals surface area contributed by atoms with E-state index in [0.29, 0.717) is 34.6 Å². The monoisotopic (exact) mass is 579 g/mol. The number of benzene rings is 3. The fourth-order valence-corrected chi connectivity index (χ4v) is 5.43. The third-order valence-corrected chi connectivity index (χ3v) is 7.71. The smallest absolute Gasteiger partial charge is 0.294 e. The van der Waals surface area contributed by atoms with Gasteiger partial charge in [0.15, 0.2) is 0 Å². The molecule has 7 nitrogen and oxygen atoms in total. The summed E-state index contributed by atoms with van der Waals surface area (Å²) in [4.78, 5) is 39.6. The lowest BCUT2D eigenvalue weighted by Gasteiger charge is -2.12. The molecule has 39 heavy (non-hydrogen) atoms. The van der Waals surface area contributed by atoms with Gasteiger partial charge in [0.25, 0.3) is 11.1 Å². The van der Waals surface area contributed by atoms with E-state index >= 15 is 0 Å². The Morgan fingerprint density at radius 2 is 1.79 bits per heavy atom. The Morgan fingerprint density at radius 1 is 1.03 bits per heavy atom. The van der Waals surface area contributed by atoms with E-state index in [1.54, 1.807) is 36.4 Å². The molecule has 0 radical (unpaired) electrons. The summed E-state index contributed by atoms with van der Waals surface area (Å²) in [7, 11) is 0. The molecule has 1 aliphatic heterocycles. The van der Waals surface area contributed by atoms with Crippen LogP contribution in [-0.2, 0) is 16.1 Å². The summed E-state index contributed by atoms with van der Waals surface area (Å²) in [5, 5.41) is 4.11. The van der Waals surface area contributed by atoms with Crippen LogP contribution in [0.2, 0.25) is 10.0 Å². The lowest BCUT2D eigenvalue weighted by atomic mass is 10.1. The third kappa shape index (κ3) is 5.98. The molecule has 1 aromatic heterocycles. The highest BCUT2D eigenvalue weighted by atomic mass is 35.5. The molecule has 10 heteroatoms. The van der Waals surface area contributed by atoms with Crippen LogP contribution in [0.25, 0.3) is 17.0 Å². The Labute approximate surface area is 239 Å². The average molecular weight is 580 g/mol. The van der Waals surface area contributed by atoms with Crippen molar-refractivity contribution < 1.29 is 19.1 Å². The summed E-state index contributed by atoms with van der Waals surface area (Å²) < 4.78 is 7.45. The van der Waals surface area contributed by atoms with E-state index in [2.05, 4.69) is 9.88 Å². The zero-order chi connectivity index (χ0) is 27.5. The number of nitrogens with one attached hydrogen (secondary N) is 1. The summed E-state index contributed by atoms with van der Waals surface area (Å²) in [6.45, 7) is 2.58. The summed E-state index contributed by atoms with van der Waals surface area (Å²) in [5.74, 6) is -0.293. The number of anilines is 1. The molecule has 3 amide bonds. The van der Waals surface area contributed by atoms with Crippen LogP contribution in [0, 0.1) is 0 Å². The SMILES string of the molecule is CCOc1ccc(NC(=O)CN2C(=O)S/C(=C/c3cn(Cc4ccc(Cl)c(Cl)c4)c4ccccc34)C2=O)cc1. The number of rotatable bonds is 8. The van der Waals surface area contributed by atoms with Gasteiger partial charge in [-0.15, -0.1) is 0 Å². The van der Waals surface area contributed by atoms with Gasteiger partial charge in [-0.05, 0) is 72.8 Å². The van der Waals surface area contributed by atoms with Gasteiger partial charge in [-0.25, -0.2) is 0 Å². The van der Waals surface area contributed by atoms with Crippen LogP contribution in [0.1, 0.15) is 18.1 Å². The van der Waals surface area contributed by atoms with Crippen LogP contribution in [0.3, 0.4) is 0 Å². The Hall–Kier alpha value is -3.72. The molecule has 1 N–H and O–H groups in total. The highest BCUT2D eigenvalue weighted by Gasteiger charge is 2.36. The summed E-state index contributed by atoms with van der Waals surface area (Å²) in [6.07, 6.45) is 3.63. The quantitative estimate of drug-likeness (QED) is 0.226. The largest absolute Gasteiger partial charge is 0.494 e. The van der Waals surface area contributed by atoms with Gasteiger partial charge in [0.2, 0.25) is 5.91 Å². The van der Waals surface area contributed by atoms with Crippen molar-refractivity contribution >= 4 is 74.7 Å². The molecule has 0 unspecified atom stereocenters. The first-order valence-corrected chi connectivity index (χ1v) is 13.7. The first-order valence-electron chi connectivity index (χ1n) is 12.1. The van der Waals surface area contributed by atoms with E-state index < -0.39 is 17.1 Å². The van der Waals surface area contributed by atoms with Crippen LogP contribution in [0.5, 0.6) is 5.75 Å². The van der Waals surface area contributed by atoms with Crippen LogP contribution in [-0.4, -0.2) is 39.7 Å². The van der Waals surface area contributed by atoms with Gasteiger partial charge in [-0.1, -0.05) is 47.5 Å². The molecule has 4 aromatic rings. The normalized spacial score (nSPS) is 14.4. The second-order valence-corrected chi connectivity index (χ2v) is 10.6. The van der Waals surface area contributed by atoms with E-state index in [4.69, 9.17) is 27.9 Å². The number of amides is 3. The zero-order valence-corrected chi connectivity index (χ0v) is 23.1. The van der Waals surface area contributed by atoms with E-state index in [0.717, 1.165) is 38.7 Å². The number of para-hydroxylation sites is 1. The number of thioether (sulfide) groups is 1. The number of hydrogen-bond acceptors (Lipinski definition) is 5. The average Bonchev–Trinajstić information content (AvgIpc) is 3.39. The second-order valence-electron chi connectivity index (χ2n) is 8.75. The van der Waals surface area contributed by atoms with Gasteiger partial charge in [-0.3, -0.25) is 19.3 Å². The minimum atomic E-state index is -0.506. The number of hydrogen-bond donors (Lipinski definition) is 1. The first-order chi connectivity index (χ1) is 18.8. The molecule has 1 saturated heterocycles. The van der Waals surface area contributed by atoms with E-state index in [-0.39, 0.29) is 11.4 Å². The fourth-order valence-electron chi connectivity index (χ4n) is 4.28. The standard InChI is InChI=1S/C29H23Cl2N3O4S/c1-2-38-21-10-8-20(9-11-21)32-27(35)17-34-28(36)26(39-29(34)37)14-19-16-33(25-6-4-3-5-22(19)25)15-18-7-12-23(30)24(31)13-18/h3-14,16H,2,15,17H2,1H3,(H,32,35)/b26-14+. The lowest BCUT2D eigenvalue weighted by Crippen LogP contribution is -2.36. The highest BCUT2D eigenvalue weighted by Crippen LogP contribution is 2.34. The van der Waals surface area contributed by atoms with Crippen LogP contribution in [0.15, 0.2) is 77.8 Å². The number of carbonyl (C=O) groups excluding carboxylic acids is 3. The van der Waals surface area contributed by atoms with E-state index in [1.165, 1.54) is 0 Å². The van der Waals surface area contributed by atoms with Crippen molar-refractivity contribution in [3.8, 4) is 5.75 Å². The Balaban J connectivity index is 1.33. The third-order valence-electron chi connectivity index (χ3n) is 6.07. The van der Waals surface area contributed by atoms with Gasteiger partial charge >= 0.3 is 0 Å². The summed E-state index contributed by atoms with van der Waals surface area (Å²) >= 11 is 13.1. The minimum Gasteiger partial charge on any atom is -0.494 e. The Bertz CT molecular complexity index is 1610. The lowest BCUT2D eigenvalue weighted by molar-refractivity contribution is -0.127. The summed E-state index contributed by atoms with van der Waals surface area (Å²) in [5.41, 5.74) is 3.26. The number of halogens is 2. The molecule has 1 fully saturated rings. The fraction of sp³-hybridized carbons (Fsp3) is 0.138. The van der Waals surface area contributed by atoms with Crippen LogP contribution in [0.4, 0.5) is 10.5 Å². The molecule has 198 valence electrons. The van der Waals surface area contributed by atoms with Gasteiger partial charge < -0.3 is 14.6 Å². The maximum Gasteiger partial charge on any atom is 0.294 e. The molecule has 0 spiro atoms. The minimum absolute atomic E-state index is 0.256. The molecule has 0 saturated carbocycles. The molecule has 3 aromatic carbocycles. The van der Waals surface area contributed by atoms with Crippen molar-refractivity contribution in [2.75, 3.05) is 18.5 Å². The Kier molecular flexibility index (Phi) is 7.97. The van der Waals surface area contributed by atoms with Crippen molar-refractivity contribution in [3.63, 3.8) is 0 Å². The molecule has 0 bridgehead atoms. The van der Waals surface area contributed by atoms with E-state index in [9.17, 15) is 14.4 Å². The van der Waals surface area contributed by atoms with Crippen molar-refractivity contribution in [2.45, 2.75) is 13.5 Å². The number of fused-ring (bicyclic) bond motifs is 1. The van der Waals surface area contributed by atoms with Crippen LogP contribution < -0.4 is 10.1 Å². The highest BCUT2D eigenvalue weighted by molar-refractivity contribution is 8.18. The van der Waals surface area contributed by atoms with Crippen molar-refractivity contribution in [1.29, 1.82) is 0 Å². The number of carbonyl (C=O) groups is 3. The number of ether oxygens (including phenoxy) is 1. The molecular formula is C29H23Cl2N3O4S. The number of aromatic nitrogens is 1. The predicted octanol–water partition coefficient (Wildman–Crippen LogP) is 7.07. The maximum absolute atomic E-state index is 13.1. The molecule has 0 atom stereocenters. The molecule has 0 aliphatic carbocycles. The Morgan fingerprint density at radius 3 is 2.54 bits per heavy atom. The first kappa shape index (κ1) is 26.9. The number of nitrogens with zero attached hydrogens (tertiary/aromatic N) is 2. The zero-order valence-electron chi connectivity index (χ0n) is 20.8. The van der Waals surface area contributed by atoms with Gasteiger partial charge in [0.05, 0.1) is 21.6 Å². The van der Waals surface area contributed by atoms with Crippen LogP contribution >= 0.6 is 35.0 Å². The van der Waals surface area contributed by atoms with Gasteiger partial charge in [-0.2, -0.15) is 0 Å². The van der Waals surface area contributed by atoms with Crippen molar-refractivity contribution in [2.24, 2.45) is 0 Å². The van der Waals surface area contributed by atoms with Crippen molar-refractivity contribution in [3.05, 3.63) is 99.0 Å². The van der Waals surface area contributed by atoms with Crippen molar-refractivity contribution in [1.82, 2.24) is 9.47 Å². The van der Waals surface area contributed by atoms with Gasteiger partial charge in [0.1, 0.15) is 12.3 Å². The second kappa shape index (κ2) is 11.6. The molecule has 1 aliphatic rings. The maximum atomic E-state index is 13.1. The molecule has 5 rings (SSSR count). The predicted molar refractivity (Wildman–Crippen MR) is 156 cm³/mol. The molecular weight excluding hydrogens is 557 g/mol. The topological polar surface area (TPSA) is 80.6 Å². The van der Waals surface area contributed by atoms with Gasteiger partial charge in [0, 0.05) is 34.9 Å². The van der Waals surface area contributed by atoms with E-state index in [1.807, 2.05) is 49.5 Å². The number of imide groups is 1. The molecule has 2 heterocycles.